The van der Waals surface area contributed by atoms with Gasteiger partial charge in [0.25, 0.3) is 0 Å². The third-order valence-electron chi connectivity index (χ3n) is 4.86. The topological polar surface area (TPSA) is 66.2 Å². The molecule has 3 aromatic rings. The van der Waals surface area contributed by atoms with E-state index < -0.39 is 0 Å². The molecule has 3 N–H and O–H groups in total. The number of H-pyrrole nitrogens is 1. The molecule has 0 saturated carbocycles. The third kappa shape index (κ3) is 5.17. The molecular formula is C21H22Cl2IN3O2. The van der Waals surface area contributed by atoms with Gasteiger partial charge < -0.3 is 20.4 Å². The Morgan fingerprint density at radius 2 is 2.03 bits per heavy atom. The molecular weight excluding hydrogens is 524 g/mol. The lowest BCUT2D eigenvalue weighted by Gasteiger charge is -2.28. The molecule has 1 atom stereocenters. The van der Waals surface area contributed by atoms with Crippen molar-refractivity contribution in [1.29, 1.82) is 0 Å². The second kappa shape index (κ2) is 10.0. The van der Waals surface area contributed by atoms with E-state index in [-0.39, 0.29) is 23.9 Å². The number of pyridine rings is 1. The SMILES string of the molecule is Cl.O=c1cc(NCCCNC2CCOc3c(I)cc(Cl)cc32)[nH]c2ccccc12. The lowest BCUT2D eigenvalue weighted by molar-refractivity contribution is 0.251. The highest BCUT2D eigenvalue weighted by Gasteiger charge is 2.23. The van der Waals surface area contributed by atoms with Crippen molar-refractivity contribution in [2.75, 3.05) is 25.0 Å². The summed E-state index contributed by atoms with van der Waals surface area (Å²) in [5.74, 6) is 1.70. The maximum absolute atomic E-state index is 12.2. The molecule has 4 rings (SSSR count). The van der Waals surface area contributed by atoms with Gasteiger partial charge in [-0.2, -0.15) is 0 Å². The van der Waals surface area contributed by atoms with Gasteiger partial charge in [-0.1, -0.05) is 23.7 Å². The molecule has 0 amide bonds. The van der Waals surface area contributed by atoms with E-state index in [0.29, 0.717) is 12.0 Å². The Balaban J connectivity index is 0.00000240. The minimum atomic E-state index is 0. The monoisotopic (exact) mass is 545 g/mol. The fourth-order valence-electron chi connectivity index (χ4n) is 3.52. The zero-order valence-electron chi connectivity index (χ0n) is 15.6. The quantitative estimate of drug-likeness (QED) is 0.297. The standard InChI is InChI=1S/C21H21ClIN3O2.ClH/c22-13-10-15-17(6-9-28-21(15)16(23)11-13)24-7-3-8-25-20-12-19(27)14-4-1-2-5-18(14)26-20;/h1-2,4-5,10-12,17,24H,3,6-9H2,(H2,25,26,27);1H. The molecule has 8 heteroatoms. The maximum Gasteiger partial charge on any atom is 0.191 e. The summed E-state index contributed by atoms with van der Waals surface area (Å²) in [4.78, 5) is 15.4. The summed E-state index contributed by atoms with van der Waals surface area (Å²) in [7, 11) is 0. The fraction of sp³-hybridized carbons (Fsp3) is 0.286. The van der Waals surface area contributed by atoms with Crippen LogP contribution >= 0.6 is 46.6 Å². The minimum Gasteiger partial charge on any atom is -0.492 e. The van der Waals surface area contributed by atoms with E-state index in [4.69, 9.17) is 16.3 Å². The first-order valence-corrected chi connectivity index (χ1v) is 10.8. The van der Waals surface area contributed by atoms with E-state index in [1.165, 1.54) is 0 Å². The van der Waals surface area contributed by atoms with Crippen LogP contribution in [0.15, 0.2) is 47.3 Å². The predicted molar refractivity (Wildman–Crippen MR) is 130 cm³/mol. The number of benzene rings is 2. The van der Waals surface area contributed by atoms with Gasteiger partial charge in [0.05, 0.1) is 15.7 Å². The largest absolute Gasteiger partial charge is 0.492 e. The van der Waals surface area contributed by atoms with Crippen molar-refractivity contribution in [3.05, 3.63) is 66.8 Å². The van der Waals surface area contributed by atoms with E-state index in [9.17, 15) is 4.79 Å². The molecule has 1 unspecified atom stereocenters. The van der Waals surface area contributed by atoms with Crippen molar-refractivity contribution < 1.29 is 4.74 Å². The van der Waals surface area contributed by atoms with Crippen molar-refractivity contribution in [3.8, 4) is 5.75 Å². The normalized spacial score (nSPS) is 15.3. The Morgan fingerprint density at radius 3 is 2.90 bits per heavy atom. The summed E-state index contributed by atoms with van der Waals surface area (Å²) in [6.07, 6.45) is 1.86. The van der Waals surface area contributed by atoms with Gasteiger partial charge >= 0.3 is 0 Å². The number of ether oxygens (including phenoxy) is 1. The maximum atomic E-state index is 12.2. The van der Waals surface area contributed by atoms with E-state index in [1.807, 2.05) is 36.4 Å². The third-order valence-corrected chi connectivity index (χ3v) is 5.88. The lowest BCUT2D eigenvalue weighted by Crippen LogP contribution is -2.29. The second-order valence-corrected chi connectivity index (χ2v) is 8.42. The predicted octanol–water partition coefficient (Wildman–Crippen LogP) is 5.12. The molecule has 0 bridgehead atoms. The van der Waals surface area contributed by atoms with Crippen molar-refractivity contribution in [1.82, 2.24) is 10.3 Å². The van der Waals surface area contributed by atoms with Gasteiger partial charge in [-0.3, -0.25) is 4.79 Å². The molecule has 0 radical (unpaired) electrons. The number of aromatic amines is 1. The molecule has 0 spiro atoms. The van der Waals surface area contributed by atoms with Crippen LogP contribution in [0.4, 0.5) is 5.82 Å². The van der Waals surface area contributed by atoms with Crippen LogP contribution in [0.25, 0.3) is 10.9 Å². The molecule has 154 valence electrons. The molecule has 2 aromatic carbocycles. The zero-order valence-corrected chi connectivity index (χ0v) is 19.4. The van der Waals surface area contributed by atoms with Crippen LogP contribution in [-0.2, 0) is 0 Å². The first-order valence-electron chi connectivity index (χ1n) is 9.33. The molecule has 0 aliphatic carbocycles. The molecule has 0 saturated heterocycles. The number of halogens is 3. The van der Waals surface area contributed by atoms with Gasteiger partial charge in [-0.05, 0) is 59.8 Å². The van der Waals surface area contributed by atoms with E-state index in [1.54, 1.807) is 6.07 Å². The fourth-order valence-corrected chi connectivity index (χ4v) is 4.73. The number of fused-ring (bicyclic) bond motifs is 2. The summed E-state index contributed by atoms with van der Waals surface area (Å²) in [5, 5.41) is 8.36. The number of hydrogen-bond acceptors (Lipinski definition) is 4. The molecule has 5 nitrogen and oxygen atoms in total. The summed E-state index contributed by atoms with van der Waals surface area (Å²) >= 11 is 8.49. The Hall–Kier alpha value is -1.48. The Morgan fingerprint density at radius 1 is 1.21 bits per heavy atom. The first-order chi connectivity index (χ1) is 13.6. The lowest BCUT2D eigenvalue weighted by atomic mass is 10.0. The average molecular weight is 546 g/mol. The Bertz CT molecular complexity index is 1060. The number of aromatic nitrogens is 1. The molecule has 1 aromatic heterocycles. The highest BCUT2D eigenvalue weighted by atomic mass is 127. The smallest absolute Gasteiger partial charge is 0.191 e. The van der Waals surface area contributed by atoms with Crippen LogP contribution in [0.5, 0.6) is 5.75 Å². The summed E-state index contributed by atoms with van der Waals surface area (Å²) < 4.78 is 6.87. The average Bonchev–Trinajstić information content (AvgIpc) is 2.68. The van der Waals surface area contributed by atoms with Gasteiger partial charge in [0.1, 0.15) is 11.6 Å². The second-order valence-electron chi connectivity index (χ2n) is 6.82. The summed E-state index contributed by atoms with van der Waals surface area (Å²) in [6, 6.07) is 13.3. The van der Waals surface area contributed by atoms with E-state index in [2.05, 4.69) is 38.2 Å². The van der Waals surface area contributed by atoms with Gasteiger partial charge in [0, 0.05) is 41.0 Å². The van der Waals surface area contributed by atoms with E-state index >= 15 is 0 Å². The number of nitrogens with one attached hydrogen (secondary N) is 3. The van der Waals surface area contributed by atoms with E-state index in [0.717, 1.165) is 57.2 Å². The minimum absolute atomic E-state index is 0. The molecule has 1 aliphatic heterocycles. The van der Waals surface area contributed by atoms with Crippen molar-refractivity contribution >= 4 is 63.3 Å². The van der Waals surface area contributed by atoms with Crippen LogP contribution in [0.2, 0.25) is 5.02 Å². The number of anilines is 1. The Kier molecular flexibility index (Phi) is 7.67. The van der Waals surface area contributed by atoms with Crippen LogP contribution in [-0.4, -0.2) is 24.7 Å². The molecule has 29 heavy (non-hydrogen) atoms. The van der Waals surface area contributed by atoms with Crippen LogP contribution in [0.3, 0.4) is 0 Å². The van der Waals surface area contributed by atoms with Crippen molar-refractivity contribution in [2.24, 2.45) is 0 Å². The van der Waals surface area contributed by atoms with Gasteiger partial charge in [-0.25, -0.2) is 0 Å². The molecule has 2 heterocycles. The number of rotatable bonds is 6. The molecule has 1 aliphatic rings. The highest BCUT2D eigenvalue weighted by molar-refractivity contribution is 14.1. The Labute approximate surface area is 194 Å². The van der Waals surface area contributed by atoms with Crippen molar-refractivity contribution in [3.63, 3.8) is 0 Å². The number of para-hydroxylation sites is 1. The van der Waals surface area contributed by atoms with Crippen LogP contribution in [0.1, 0.15) is 24.4 Å². The number of hydrogen-bond donors (Lipinski definition) is 3. The zero-order chi connectivity index (χ0) is 19.5. The van der Waals surface area contributed by atoms with Crippen LogP contribution in [0, 0.1) is 3.57 Å². The van der Waals surface area contributed by atoms with Gasteiger partial charge in [-0.15, -0.1) is 12.4 Å². The highest BCUT2D eigenvalue weighted by Crippen LogP contribution is 2.37. The van der Waals surface area contributed by atoms with Gasteiger partial charge in [0.15, 0.2) is 5.43 Å². The van der Waals surface area contributed by atoms with Crippen molar-refractivity contribution in [2.45, 2.75) is 18.9 Å². The molecule has 0 fully saturated rings. The van der Waals surface area contributed by atoms with Crippen LogP contribution < -0.4 is 20.8 Å². The summed E-state index contributed by atoms with van der Waals surface area (Å²) in [5.41, 5.74) is 2.01. The summed E-state index contributed by atoms with van der Waals surface area (Å²) in [6.45, 7) is 2.33. The first kappa shape index (κ1) is 22.2. The van der Waals surface area contributed by atoms with Gasteiger partial charge in [0.2, 0.25) is 0 Å².